The lowest BCUT2D eigenvalue weighted by molar-refractivity contribution is 0.306. The third-order valence-electron chi connectivity index (χ3n) is 3.37. The van der Waals surface area contributed by atoms with Crippen molar-refractivity contribution in [3.8, 4) is 17.2 Å². The van der Waals surface area contributed by atoms with Crippen LogP contribution in [0.3, 0.4) is 0 Å². The molecule has 0 aliphatic rings. The van der Waals surface area contributed by atoms with Crippen LogP contribution in [-0.4, -0.2) is 4.98 Å². The Morgan fingerprint density at radius 3 is 2.41 bits per heavy atom. The van der Waals surface area contributed by atoms with E-state index in [1.807, 2.05) is 61.5 Å². The van der Waals surface area contributed by atoms with Crippen LogP contribution in [0.15, 0.2) is 59.0 Å². The number of nitrogens with zero attached hydrogens (tertiary/aromatic N) is 1. The van der Waals surface area contributed by atoms with Gasteiger partial charge in [-0.05, 0) is 36.8 Å². The first-order valence-corrected chi connectivity index (χ1v) is 7.59. The van der Waals surface area contributed by atoms with Gasteiger partial charge in [0.2, 0.25) is 5.89 Å². The molecule has 0 N–H and O–H groups in total. The third-order valence-corrected chi connectivity index (χ3v) is 3.62. The highest BCUT2D eigenvalue weighted by molar-refractivity contribution is 6.16. The lowest BCUT2D eigenvalue weighted by Gasteiger charge is -2.06. The van der Waals surface area contributed by atoms with Crippen LogP contribution in [-0.2, 0) is 12.5 Å². The van der Waals surface area contributed by atoms with Crippen LogP contribution >= 0.6 is 11.6 Å². The molecule has 0 spiro atoms. The lowest BCUT2D eigenvalue weighted by atomic mass is 10.2. The number of aromatic nitrogens is 1. The number of oxazole rings is 1. The first-order valence-electron chi connectivity index (χ1n) is 7.05. The molecular weight excluding hydrogens is 298 g/mol. The second kappa shape index (κ2) is 6.67. The zero-order chi connectivity index (χ0) is 15.4. The molecule has 3 aromatic rings. The number of aryl methyl sites for hydroxylation is 1. The minimum atomic E-state index is 0.355. The van der Waals surface area contributed by atoms with E-state index in [1.54, 1.807) is 0 Å². The van der Waals surface area contributed by atoms with E-state index < -0.39 is 0 Å². The summed E-state index contributed by atoms with van der Waals surface area (Å²) in [4.78, 5) is 4.38. The highest BCUT2D eigenvalue weighted by atomic mass is 35.5. The maximum atomic E-state index is 5.82. The van der Waals surface area contributed by atoms with Gasteiger partial charge in [-0.2, -0.15) is 0 Å². The Balaban J connectivity index is 1.69. The zero-order valence-electron chi connectivity index (χ0n) is 12.3. The molecule has 0 aliphatic carbocycles. The highest BCUT2D eigenvalue weighted by Crippen LogP contribution is 2.25. The normalized spacial score (nSPS) is 10.6. The molecule has 0 amide bonds. The van der Waals surface area contributed by atoms with Gasteiger partial charge in [0.15, 0.2) is 0 Å². The predicted octanol–water partition coefficient (Wildman–Crippen LogP) is 4.97. The first-order chi connectivity index (χ1) is 10.8. The van der Waals surface area contributed by atoms with E-state index in [1.165, 1.54) is 0 Å². The molecule has 22 heavy (non-hydrogen) atoms. The summed E-state index contributed by atoms with van der Waals surface area (Å²) in [5, 5.41) is 0. The van der Waals surface area contributed by atoms with Crippen LogP contribution < -0.4 is 4.74 Å². The summed E-state index contributed by atoms with van der Waals surface area (Å²) >= 11 is 5.82. The van der Waals surface area contributed by atoms with Gasteiger partial charge in [0.25, 0.3) is 0 Å². The van der Waals surface area contributed by atoms with Crippen molar-refractivity contribution in [3.63, 3.8) is 0 Å². The molecule has 4 heteroatoms. The van der Waals surface area contributed by atoms with Crippen molar-refractivity contribution >= 4 is 11.6 Å². The molecule has 0 unspecified atom stereocenters. The van der Waals surface area contributed by atoms with Gasteiger partial charge < -0.3 is 9.15 Å². The number of alkyl halides is 1. The number of rotatable bonds is 5. The van der Waals surface area contributed by atoms with Gasteiger partial charge in [0, 0.05) is 5.56 Å². The largest absolute Gasteiger partial charge is 0.489 e. The maximum absolute atomic E-state index is 5.82. The molecule has 0 bridgehead atoms. The van der Waals surface area contributed by atoms with E-state index in [-0.39, 0.29) is 0 Å². The smallest absolute Gasteiger partial charge is 0.226 e. The van der Waals surface area contributed by atoms with Crippen molar-refractivity contribution in [3.05, 3.63) is 71.6 Å². The summed E-state index contributed by atoms with van der Waals surface area (Å²) in [7, 11) is 0. The topological polar surface area (TPSA) is 35.3 Å². The molecule has 1 heterocycles. The van der Waals surface area contributed by atoms with E-state index in [9.17, 15) is 0 Å². The van der Waals surface area contributed by atoms with Gasteiger partial charge in [0.1, 0.15) is 18.1 Å². The Morgan fingerprint density at radius 1 is 1.05 bits per heavy atom. The molecule has 3 nitrogen and oxygen atoms in total. The van der Waals surface area contributed by atoms with Crippen LogP contribution in [0.5, 0.6) is 5.75 Å². The average Bonchev–Trinajstić information content (AvgIpc) is 2.95. The van der Waals surface area contributed by atoms with Gasteiger partial charge in [-0.15, -0.1) is 11.6 Å². The van der Waals surface area contributed by atoms with Crippen molar-refractivity contribution in [2.24, 2.45) is 0 Å². The fourth-order valence-corrected chi connectivity index (χ4v) is 2.36. The summed E-state index contributed by atoms with van der Waals surface area (Å²) < 4.78 is 11.4. The number of ether oxygens (including phenoxy) is 1. The summed E-state index contributed by atoms with van der Waals surface area (Å²) in [6.45, 7) is 2.42. The molecular formula is C18H16ClNO2. The Labute approximate surface area is 134 Å². The van der Waals surface area contributed by atoms with Crippen LogP contribution in [0.25, 0.3) is 11.5 Å². The lowest BCUT2D eigenvalue weighted by Crippen LogP contribution is -1.94. The summed E-state index contributed by atoms with van der Waals surface area (Å²) in [6.07, 6.45) is 0. The van der Waals surface area contributed by atoms with Gasteiger partial charge in [-0.25, -0.2) is 4.98 Å². The number of halogens is 1. The quantitative estimate of drug-likeness (QED) is 0.624. The Bertz CT molecular complexity index is 736. The minimum absolute atomic E-state index is 0.355. The van der Waals surface area contributed by atoms with Crippen LogP contribution in [0.1, 0.15) is 17.0 Å². The Kier molecular flexibility index (Phi) is 4.45. The van der Waals surface area contributed by atoms with E-state index >= 15 is 0 Å². The molecule has 2 aromatic carbocycles. The number of benzene rings is 2. The molecule has 0 saturated carbocycles. The molecule has 0 fully saturated rings. The molecule has 0 aliphatic heterocycles. The van der Waals surface area contributed by atoms with Gasteiger partial charge in [0.05, 0.1) is 11.6 Å². The first kappa shape index (κ1) is 14.7. The monoisotopic (exact) mass is 313 g/mol. The number of hydrogen-bond donors (Lipinski definition) is 0. The van der Waals surface area contributed by atoms with Crippen molar-refractivity contribution in [1.29, 1.82) is 0 Å². The molecule has 1 aromatic heterocycles. The van der Waals surface area contributed by atoms with E-state index in [4.69, 9.17) is 20.8 Å². The summed E-state index contributed by atoms with van der Waals surface area (Å²) in [5.74, 6) is 2.51. The summed E-state index contributed by atoms with van der Waals surface area (Å²) in [6, 6.07) is 17.8. The van der Waals surface area contributed by atoms with E-state index in [2.05, 4.69) is 4.98 Å². The van der Waals surface area contributed by atoms with Crippen molar-refractivity contribution in [2.45, 2.75) is 19.4 Å². The van der Waals surface area contributed by atoms with Gasteiger partial charge in [-0.3, -0.25) is 0 Å². The van der Waals surface area contributed by atoms with Crippen molar-refractivity contribution in [1.82, 2.24) is 4.98 Å². The van der Waals surface area contributed by atoms with Crippen molar-refractivity contribution in [2.75, 3.05) is 0 Å². The number of hydrogen-bond acceptors (Lipinski definition) is 3. The molecule has 0 radical (unpaired) electrons. The molecule has 112 valence electrons. The molecule has 3 rings (SSSR count). The fourth-order valence-electron chi connectivity index (χ4n) is 2.11. The maximum Gasteiger partial charge on any atom is 0.226 e. The van der Waals surface area contributed by atoms with Crippen molar-refractivity contribution < 1.29 is 9.15 Å². The SMILES string of the molecule is Cc1oc(-c2ccc(OCc3ccccc3)cc2)nc1CCl. The minimum Gasteiger partial charge on any atom is -0.489 e. The molecule has 0 atom stereocenters. The highest BCUT2D eigenvalue weighted by Gasteiger charge is 2.10. The summed E-state index contributed by atoms with van der Waals surface area (Å²) in [5.41, 5.74) is 2.83. The van der Waals surface area contributed by atoms with Gasteiger partial charge >= 0.3 is 0 Å². The van der Waals surface area contributed by atoms with E-state index in [0.29, 0.717) is 18.4 Å². The van der Waals surface area contributed by atoms with Crippen LogP contribution in [0, 0.1) is 6.92 Å². The predicted molar refractivity (Wildman–Crippen MR) is 87.0 cm³/mol. The standard InChI is InChI=1S/C18H16ClNO2/c1-13-17(11-19)20-18(22-13)15-7-9-16(10-8-15)21-12-14-5-3-2-4-6-14/h2-10H,11-12H2,1H3. The average molecular weight is 314 g/mol. The second-order valence-electron chi connectivity index (χ2n) is 4.95. The molecule has 0 saturated heterocycles. The zero-order valence-corrected chi connectivity index (χ0v) is 13.0. The van der Waals surface area contributed by atoms with Crippen LogP contribution in [0.2, 0.25) is 0 Å². The fraction of sp³-hybridized carbons (Fsp3) is 0.167. The van der Waals surface area contributed by atoms with Crippen LogP contribution in [0.4, 0.5) is 0 Å². The Morgan fingerprint density at radius 2 is 1.77 bits per heavy atom. The van der Waals surface area contributed by atoms with Gasteiger partial charge in [-0.1, -0.05) is 30.3 Å². The van der Waals surface area contributed by atoms with E-state index in [0.717, 1.165) is 28.3 Å². The second-order valence-corrected chi connectivity index (χ2v) is 5.22. The Hall–Kier alpha value is -2.26. The third kappa shape index (κ3) is 3.31.